The van der Waals surface area contributed by atoms with E-state index in [0.29, 0.717) is 44.8 Å². The van der Waals surface area contributed by atoms with Crippen molar-refractivity contribution < 1.29 is 29.3 Å². The van der Waals surface area contributed by atoms with Crippen LogP contribution >= 0.6 is 0 Å². The van der Waals surface area contributed by atoms with Gasteiger partial charge in [-0.15, -0.1) is 0 Å². The van der Waals surface area contributed by atoms with Gasteiger partial charge in [-0.05, 0) is 38.3 Å². The summed E-state index contributed by atoms with van der Waals surface area (Å²) in [7, 11) is 1.45. The Hall–Kier alpha value is -2.23. The molecule has 2 atom stereocenters. The number of carbonyl (C=O) groups excluding carboxylic acids is 1. The zero-order valence-electron chi connectivity index (χ0n) is 16.2. The van der Waals surface area contributed by atoms with E-state index in [1.165, 1.54) is 19.4 Å². The minimum absolute atomic E-state index is 0.0536. The zero-order chi connectivity index (χ0) is 20.4. The highest BCUT2D eigenvalue weighted by Crippen LogP contribution is 2.40. The maximum Gasteiger partial charge on any atom is 0.337 e. The number of anilines is 1. The topological polar surface area (TPSA) is 121 Å². The third-order valence-electron chi connectivity index (χ3n) is 5.74. The number of carbonyl (C=O) groups is 2. The van der Waals surface area contributed by atoms with E-state index in [2.05, 4.69) is 10.3 Å². The van der Waals surface area contributed by atoms with Crippen molar-refractivity contribution in [2.45, 2.75) is 43.4 Å². The number of hydrogen-bond acceptors (Lipinski definition) is 7. The van der Waals surface area contributed by atoms with Crippen LogP contribution < -0.4 is 10.2 Å². The lowest BCUT2D eigenvalue weighted by Gasteiger charge is -2.53. The van der Waals surface area contributed by atoms with E-state index >= 15 is 0 Å². The Bertz CT molecular complexity index is 717. The minimum Gasteiger partial charge on any atom is -0.478 e. The molecule has 1 amide bonds. The molecule has 1 aromatic rings. The summed E-state index contributed by atoms with van der Waals surface area (Å²) >= 11 is 0. The monoisotopic (exact) mass is 393 g/mol. The highest BCUT2D eigenvalue weighted by molar-refractivity contribution is 5.87. The lowest BCUT2D eigenvalue weighted by molar-refractivity contribution is -0.198. The number of aliphatic hydroxyl groups excluding tert-OH is 1. The van der Waals surface area contributed by atoms with Crippen molar-refractivity contribution in [3.8, 4) is 0 Å². The average molecular weight is 393 g/mol. The van der Waals surface area contributed by atoms with Crippen molar-refractivity contribution in [2.75, 3.05) is 38.3 Å². The number of rotatable bonds is 5. The number of ether oxygens (including phenoxy) is 2. The number of pyridine rings is 1. The summed E-state index contributed by atoms with van der Waals surface area (Å²) in [5.74, 6) is -0.576. The Morgan fingerprint density at radius 3 is 2.64 bits per heavy atom. The molecule has 2 saturated heterocycles. The van der Waals surface area contributed by atoms with Crippen molar-refractivity contribution >= 4 is 17.7 Å². The summed E-state index contributed by atoms with van der Waals surface area (Å²) in [5.41, 5.74) is -1.37. The molecule has 0 unspecified atom stereocenters. The molecule has 1 aromatic heterocycles. The number of aliphatic hydroxyl groups is 1. The zero-order valence-corrected chi connectivity index (χ0v) is 16.2. The normalized spacial score (nSPS) is 26.8. The van der Waals surface area contributed by atoms with Gasteiger partial charge >= 0.3 is 5.97 Å². The number of carboxylic acids is 1. The molecule has 9 heteroatoms. The number of aromatic carboxylic acids is 1. The van der Waals surface area contributed by atoms with Crippen molar-refractivity contribution in [1.82, 2.24) is 10.3 Å². The Labute approximate surface area is 163 Å². The fourth-order valence-corrected chi connectivity index (χ4v) is 4.11. The Kier molecular flexibility index (Phi) is 5.87. The van der Waals surface area contributed by atoms with Crippen LogP contribution in [-0.4, -0.2) is 77.7 Å². The first-order chi connectivity index (χ1) is 13.3. The molecule has 0 aromatic carbocycles. The molecular formula is C19H27N3O6. The minimum atomic E-state index is -1.01. The van der Waals surface area contributed by atoms with Crippen molar-refractivity contribution in [3.63, 3.8) is 0 Å². The van der Waals surface area contributed by atoms with Crippen molar-refractivity contribution in [1.29, 1.82) is 0 Å². The highest BCUT2D eigenvalue weighted by atomic mass is 16.5. The van der Waals surface area contributed by atoms with Gasteiger partial charge in [-0.3, -0.25) is 4.79 Å². The molecule has 2 fully saturated rings. The predicted molar refractivity (Wildman–Crippen MR) is 100 cm³/mol. The summed E-state index contributed by atoms with van der Waals surface area (Å²) in [6.45, 7) is 3.46. The van der Waals surface area contributed by atoms with E-state index in [0.717, 1.165) is 0 Å². The van der Waals surface area contributed by atoms with E-state index in [4.69, 9.17) is 14.6 Å². The van der Waals surface area contributed by atoms with Gasteiger partial charge in [0.25, 0.3) is 0 Å². The van der Waals surface area contributed by atoms with Crippen LogP contribution in [0.1, 0.15) is 36.5 Å². The molecule has 9 nitrogen and oxygen atoms in total. The molecule has 3 N–H and O–H groups in total. The first kappa shape index (κ1) is 20.5. The molecule has 0 radical (unpaired) electrons. The molecule has 2 aliphatic rings. The fourth-order valence-electron chi connectivity index (χ4n) is 4.11. The smallest absolute Gasteiger partial charge is 0.337 e. The summed E-state index contributed by atoms with van der Waals surface area (Å²) in [6.07, 6.45) is 2.17. The van der Waals surface area contributed by atoms with Crippen LogP contribution in [0.25, 0.3) is 0 Å². The predicted octanol–water partition coefficient (Wildman–Crippen LogP) is 0.421. The second-order valence-electron chi connectivity index (χ2n) is 7.66. The molecule has 0 saturated carbocycles. The van der Waals surface area contributed by atoms with Crippen LogP contribution in [0.5, 0.6) is 0 Å². The van der Waals surface area contributed by atoms with Crippen molar-refractivity contribution in [3.05, 3.63) is 23.9 Å². The number of piperidine rings is 1. The lowest BCUT2D eigenvalue weighted by Crippen LogP contribution is -2.69. The number of aromatic nitrogens is 1. The molecule has 1 spiro atoms. The number of methoxy groups -OCH3 is 1. The van der Waals surface area contributed by atoms with Gasteiger partial charge < -0.3 is 29.9 Å². The van der Waals surface area contributed by atoms with Gasteiger partial charge in [-0.1, -0.05) is 0 Å². The van der Waals surface area contributed by atoms with Gasteiger partial charge in [0.15, 0.2) is 0 Å². The van der Waals surface area contributed by atoms with Crippen LogP contribution in [0.4, 0.5) is 5.82 Å². The molecule has 0 aliphatic carbocycles. The molecule has 3 rings (SSSR count). The van der Waals surface area contributed by atoms with Gasteiger partial charge in [0.1, 0.15) is 18.5 Å². The number of nitrogens with zero attached hydrogens (tertiary/aromatic N) is 2. The van der Waals surface area contributed by atoms with Gasteiger partial charge in [0.2, 0.25) is 5.91 Å². The first-order valence-corrected chi connectivity index (χ1v) is 9.36. The quantitative estimate of drug-likeness (QED) is 0.658. The van der Waals surface area contributed by atoms with Crippen LogP contribution in [-0.2, 0) is 14.3 Å². The summed E-state index contributed by atoms with van der Waals surface area (Å²) in [5, 5.41) is 23.0. The van der Waals surface area contributed by atoms with Crippen LogP contribution in [0, 0.1) is 0 Å². The SMILES string of the molecule is COCC(=O)N[C@]1(C)CCOC2(CCN(c3ccc(C(=O)O)cn3)CC2)[C@H]1O. The standard InChI is InChI=1S/C19H27N3O6/c1-18(21-15(23)12-27-2)7-10-28-19(17(18)26)5-8-22(9-6-19)14-4-3-13(11-20-14)16(24)25/h3-4,11,17,26H,5-10,12H2,1-2H3,(H,21,23)(H,24,25)/t17-,18+/m0/s1. The molecular weight excluding hydrogens is 366 g/mol. The molecule has 2 aliphatic heterocycles. The highest BCUT2D eigenvalue weighted by Gasteiger charge is 2.53. The van der Waals surface area contributed by atoms with E-state index < -0.39 is 23.2 Å². The second-order valence-corrected chi connectivity index (χ2v) is 7.66. The van der Waals surface area contributed by atoms with Crippen LogP contribution in [0.15, 0.2) is 18.3 Å². The van der Waals surface area contributed by atoms with Gasteiger partial charge in [0, 0.05) is 33.0 Å². The maximum atomic E-state index is 12.0. The third kappa shape index (κ3) is 3.96. The van der Waals surface area contributed by atoms with Gasteiger partial charge in [-0.25, -0.2) is 9.78 Å². The summed E-state index contributed by atoms with van der Waals surface area (Å²) in [4.78, 5) is 29.2. The summed E-state index contributed by atoms with van der Waals surface area (Å²) < 4.78 is 10.9. The Morgan fingerprint density at radius 2 is 2.07 bits per heavy atom. The fraction of sp³-hybridized carbons (Fsp3) is 0.632. The second kappa shape index (κ2) is 8.02. The molecule has 154 valence electrons. The Morgan fingerprint density at radius 1 is 1.36 bits per heavy atom. The molecule has 0 bridgehead atoms. The number of carboxylic acid groups (broad SMARTS) is 1. The largest absolute Gasteiger partial charge is 0.478 e. The number of amides is 1. The molecule has 3 heterocycles. The van der Waals surface area contributed by atoms with Crippen LogP contribution in [0.2, 0.25) is 0 Å². The molecule has 28 heavy (non-hydrogen) atoms. The third-order valence-corrected chi connectivity index (χ3v) is 5.74. The van der Waals surface area contributed by atoms with Crippen molar-refractivity contribution in [2.24, 2.45) is 0 Å². The van der Waals surface area contributed by atoms with E-state index in [9.17, 15) is 14.7 Å². The van der Waals surface area contributed by atoms with E-state index in [-0.39, 0.29) is 18.1 Å². The average Bonchev–Trinajstić information content (AvgIpc) is 2.67. The number of nitrogens with one attached hydrogen (secondary N) is 1. The summed E-state index contributed by atoms with van der Waals surface area (Å²) in [6, 6.07) is 3.22. The van der Waals surface area contributed by atoms with Gasteiger partial charge in [0.05, 0.1) is 16.7 Å². The van der Waals surface area contributed by atoms with E-state index in [1.807, 2.05) is 11.8 Å². The Balaban J connectivity index is 1.67. The number of hydrogen-bond donors (Lipinski definition) is 3. The maximum absolute atomic E-state index is 12.0. The van der Waals surface area contributed by atoms with Crippen LogP contribution in [0.3, 0.4) is 0 Å². The van der Waals surface area contributed by atoms with E-state index in [1.54, 1.807) is 6.07 Å². The first-order valence-electron chi connectivity index (χ1n) is 9.36. The van der Waals surface area contributed by atoms with Gasteiger partial charge in [-0.2, -0.15) is 0 Å². The lowest BCUT2D eigenvalue weighted by atomic mass is 9.73.